The van der Waals surface area contributed by atoms with Gasteiger partial charge in [0, 0.05) is 6.54 Å². The first-order valence-corrected chi connectivity index (χ1v) is 6.76. The molecule has 0 aliphatic carbocycles. The fourth-order valence-electron chi connectivity index (χ4n) is 2.34. The fourth-order valence-corrected chi connectivity index (χ4v) is 2.34. The minimum atomic E-state index is -0.147. The zero-order valence-electron chi connectivity index (χ0n) is 11.6. The van der Waals surface area contributed by atoms with Crippen LogP contribution in [0.5, 0.6) is 5.75 Å². The van der Waals surface area contributed by atoms with Gasteiger partial charge in [-0.05, 0) is 25.6 Å². The number of para-hydroxylation sites is 1. The molecule has 1 aliphatic heterocycles. The van der Waals surface area contributed by atoms with Gasteiger partial charge in [-0.3, -0.25) is 9.69 Å². The standard InChI is InChI=1S/C15H19N3O2/c1-18-11-12(9-13(18)10-16)15(19)17-7-8-20-14-5-3-2-4-6-14/h2-6,12-13H,7-9,11H2,1H3,(H,17,19). The van der Waals surface area contributed by atoms with E-state index in [1.807, 2.05) is 42.3 Å². The molecule has 2 atom stereocenters. The summed E-state index contributed by atoms with van der Waals surface area (Å²) < 4.78 is 5.50. The van der Waals surface area contributed by atoms with E-state index in [0.29, 0.717) is 26.1 Å². The largest absolute Gasteiger partial charge is 0.492 e. The summed E-state index contributed by atoms with van der Waals surface area (Å²) >= 11 is 0. The molecule has 1 saturated heterocycles. The number of likely N-dealkylation sites (tertiary alicyclic amines) is 1. The van der Waals surface area contributed by atoms with Gasteiger partial charge in [-0.2, -0.15) is 5.26 Å². The number of carbonyl (C=O) groups excluding carboxylic acids is 1. The third-order valence-corrected chi connectivity index (χ3v) is 3.48. The first-order chi connectivity index (χ1) is 9.70. The van der Waals surface area contributed by atoms with E-state index in [0.717, 1.165) is 5.75 Å². The highest BCUT2D eigenvalue weighted by Crippen LogP contribution is 2.20. The van der Waals surface area contributed by atoms with Crippen molar-refractivity contribution in [2.45, 2.75) is 12.5 Å². The molecule has 1 fully saturated rings. The summed E-state index contributed by atoms with van der Waals surface area (Å²) in [6.45, 7) is 1.56. The smallest absolute Gasteiger partial charge is 0.224 e. The molecule has 0 radical (unpaired) electrons. The predicted octanol–water partition coefficient (Wildman–Crippen LogP) is 1.03. The molecule has 1 heterocycles. The quantitative estimate of drug-likeness (QED) is 0.814. The second-order valence-corrected chi connectivity index (χ2v) is 4.97. The highest BCUT2D eigenvalue weighted by atomic mass is 16.5. The Hall–Kier alpha value is -2.06. The molecule has 0 spiro atoms. The first kappa shape index (κ1) is 14.4. The van der Waals surface area contributed by atoms with Crippen molar-refractivity contribution < 1.29 is 9.53 Å². The average Bonchev–Trinajstić information content (AvgIpc) is 2.86. The number of amides is 1. The monoisotopic (exact) mass is 273 g/mol. The summed E-state index contributed by atoms with van der Waals surface area (Å²) in [5.41, 5.74) is 0. The number of nitriles is 1. The lowest BCUT2D eigenvalue weighted by molar-refractivity contribution is -0.124. The van der Waals surface area contributed by atoms with Crippen LogP contribution in [0.3, 0.4) is 0 Å². The van der Waals surface area contributed by atoms with Gasteiger partial charge in [0.25, 0.3) is 0 Å². The first-order valence-electron chi connectivity index (χ1n) is 6.76. The second kappa shape index (κ2) is 6.92. The van der Waals surface area contributed by atoms with Gasteiger partial charge < -0.3 is 10.1 Å². The van der Waals surface area contributed by atoms with Gasteiger partial charge in [-0.1, -0.05) is 18.2 Å². The van der Waals surface area contributed by atoms with E-state index in [1.165, 1.54) is 0 Å². The van der Waals surface area contributed by atoms with Crippen LogP contribution in [0.1, 0.15) is 6.42 Å². The molecule has 2 rings (SSSR count). The second-order valence-electron chi connectivity index (χ2n) is 4.97. The molecular formula is C15H19N3O2. The van der Waals surface area contributed by atoms with Crippen LogP contribution in [0.2, 0.25) is 0 Å². The van der Waals surface area contributed by atoms with Crippen molar-refractivity contribution in [3.05, 3.63) is 30.3 Å². The Morgan fingerprint density at radius 3 is 2.90 bits per heavy atom. The lowest BCUT2D eigenvalue weighted by atomic mass is 10.1. The molecule has 20 heavy (non-hydrogen) atoms. The van der Waals surface area contributed by atoms with E-state index >= 15 is 0 Å². The molecule has 0 aromatic heterocycles. The Balaban J connectivity index is 1.67. The number of carbonyl (C=O) groups is 1. The Kier molecular flexibility index (Phi) is 4.97. The normalized spacial score (nSPS) is 22.2. The lowest BCUT2D eigenvalue weighted by Crippen LogP contribution is -2.34. The highest BCUT2D eigenvalue weighted by molar-refractivity contribution is 5.79. The molecule has 5 heteroatoms. The van der Waals surface area contributed by atoms with E-state index in [9.17, 15) is 4.79 Å². The third-order valence-electron chi connectivity index (χ3n) is 3.48. The molecule has 1 amide bonds. The molecular weight excluding hydrogens is 254 g/mol. The topological polar surface area (TPSA) is 65.4 Å². The van der Waals surface area contributed by atoms with Crippen molar-refractivity contribution in [2.24, 2.45) is 5.92 Å². The van der Waals surface area contributed by atoms with Crippen LogP contribution >= 0.6 is 0 Å². The Morgan fingerprint density at radius 1 is 1.50 bits per heavy atom. The zero-order valence-corrected chi connectivity index (χ0v) is 11.6. The molecule has 0 bridgehead atoms. The number of ether oxygens (including phenoxy) is 1. The van der Waals surface area contributed by atoms with E-state index < -0.39 is 0 Å². The minimum absolute atomic E-state index is 0.00580. The van der Waals surface area contributed by atoms with Crippen LogP contribution in [0, 0.1) is 17.2 Å². The molecule has 1 N–H and O–H groups in total. The van der Waals surface area contributed by atoms with E-state index in [4.69, 9.17) is 10.00 Å². The number of nitrogens with one attached hydrogen (secondary N) is 1. The van der Waals surface area contributed by atoms with Gasteiger partial charge in [0.15, 0.2) is 0 Å². The van der Waals surface area contributed by atoms with Gasteiger partial charge in [0.05, 0.1) is 24.6 Å². The summed E-state index contributed by atoms with van der Waals surface area (Å²) in [5.74, 6) is 0.708. The van der Waals surface area contributed by atoms with Crippen molar-refractivity contribution >= 4 is 5.91 Å². The number of hydrogen-bond acceptors (Lipinski definition) is 4. The van der Waals surface area contributed by atoms with Crippen molar-refractivity contribution in [3.8, 4) is 11.8 Å². The molecule has 0 saturated carbocycles. The lowest BCUT2D eigenvalue weighted by Gasteiger charge is -2.12. The number of rotatable bonds is 5. The van der Waals surface area contributed by atoms with Crippen molar-refractivity contribution in [3.63, 3.8) is 0 Å². The SMILES string of the molecule is CN1CC(C(=O)NCCOc2ccccc2)CC1C#N. The minimum Gasteiger partial charge on any atom is -0.492 e. The Morgan fingerprint density at radius 2 is 2.25 bits per heavy atom. The van der Waals surface area contributed by atoms with Gasteiger partial charge in [-0.15, -0.1) is 0 Å². The summed E-state index contributed by atoms with van der Waals surface area (Å²) in [5, 5.41) is 11.8. The summed E-state index contributed by atoms with van der Waals surface area (Å²) in [6, 6.07) is 11.6. The summed E-state index contributed by atoms with van der Waals surface area (Å²) in [7, 11) is 1.87. The maximum absolute atomic E-state index is 12.0. The maximum atomic E-state index is 12.0. The average molecular weight is 273 g/mol. The summed E-state index contributed by atoms with van der Waals surface area (Å²) in [4.78, 5) is 13.9. The zero-order chi connectivity index (χ0) is 14.4. The van der Waals surface area contributed by atoms with Crippen molar-refractivity contribution in [1.29, 1.82) is 5.26 Å². The van der Waals surface area contributed by atoms with Gasteiger partial charge in [0.2, 0.25) is 5.91 Å². The maximum Gasteiger partial charge on any atom is 0.224 e. The van der Waals surface area contributed by atoms with E-state index in [1.54, 1.807) is 0 Å². The molecule has 5 nitrogen and oxygen atoms in total. The predicted molar refractivity (Wildman–Crippen MR) is 75.1 cm³/mol. The van der Waals surface area contributed by atoms with E-state index in [2.05, 4.69) is 11.4 Å². The van der Waals surface area contributed by atoms with Gasteiger partial charge in [-0.25, -0.2) is 0 Å². The Bertz CT molecular complexity index is 484. The van der Waals surface area contributed by atoms with Crippen molar-refractivity contribution in [2.75, 3.05) is 26.7 Å². The van der Waals surface area contributed by atoms with Crippen LogP contribution in [0.25, 0.3) is 0 Å². The molecule has 1 aromatic carbocycles. The van der Waals surface area contributed by atoms with Crippen LogP contribution in [-0.4, -0.2) is 43.6 Å². The Labute approximate surface area is 119 Å². The van der Waals surface area contributed by atoms with Crippen LogP contribution in [0.15, 0.2) is 30.3 Å². The van der Waals surface area contributed by atoms with Crippen LogP contribution in [-0.2, 0) is 4.79 Å². The third kappa shape index (κ3) is 3.72. The van der Waals surface area contributed by atoms with Crippen molar-refractivity contribution in [1.82, 2.24) is 10.2 Å². The molecule has 1 aliphatic rings. The molecule has 2 unspecified atom stereocenters. The fraction of sp³-hybridized carbons (Fsp3) is 0.467. The number of hydrogen-bond donors (Lipinski definition) is 1. The van der Waals surface area contributed by atoms with E-state index in [-0.39, 0.29) is 17.9 Å². The molecule has 106 valence electrons. The number of benzene rings is 1. The highest BCUT2D eigenvalue weighted by Gasteiger charge is 2.33. The summed E-state index contributed by atoms with van der Waals surface area (Å²) in [6.07, 6.45) is 0.609. The van der Waals surface area contributed by atoms with Crippen LogP contribution < -0.4 is 10.1 Å². The number of nitrogens with zero attached hydrogens (tertiary/aromatic N) is 2. The molecule has 1 aromatic rings. The van der Waals surface area contributed by atoms with Gasteiger partial charge >= 0.3 is 0 Å². The van der Waals surface area contributed by atoms with Crippen LogP contribution in [0.4, 0.5) is 0 Å². The van der Waals surface area contributed by atoms with Gasteiger partial charge in [0.1, 0.15) is 12.4 Å².